The molecule has 0 amide bonds. The Morgan fingerprint density at radius 3 is 0.798 bits per heavy atom. The molecule has 3 heterocycles. The van der Waals surface area contributed by atoms with Gasteiger partial charge in [-0.05, 0) is 201 Å². The van der Waals surface area contributed by atoms with E-state index in [2.05, 4.69) is 362 Å². The Kier molecular flexibility index (Phi) is 13.0. The highest BCUT2D eigenvalue weighted by Crippen LogP contribution is 2.49. The third-order valence-electron chi connectivity index (χ3n) is 20.5. The number of hydrogen-bond acceptors (Lipinski definition) is 2. The largest absolute Gasteiger partial charge is 0.455 e. The first-order chi connectivity index (χ1) is 49.1. The van der Waals surface area contributed by atoms with Gasteiger partial charge in [0.25, 0.3) is 0 Å². The Morgan fingerprint density at radius 1 is 0.152 bits per heavy atom. The van der Waals surface area contributed by atoms with E-state index >= 15 is 0 Å². The molecule has 0 radical (unpaired) electrons. The fraction of sp³-hybridized carbons (Fsp3) is 0. The molecule has 0 unspecified atom stereocenters. The summed E-state index contributed by atoms with van der Waals surface area (Å²) < 4.78 is 17.4. The quantitative estimate of drug-likeness (QED) is 0.128. The van der Waals surface area contributed by atoms with Crippen molar-refractivity contribution in [2.45, 2.75) is 0 Å². The zero-order valence-corrected chi connectivity index (χ0v) is 53.8. The van der Waals surface area contributed by atoms with Crippen LogP contribution in [0.15, 0.2) is 367 Å². The third-order valence-corrected chi connectivity index (χ3v) is 20.5. The minimum Gasteiger partial charge on any atom is -0.455 e. The van der Waals surface area contributed by atoms with Crippen LogP contribution in [-0.4, -0.2) is 4.57 Å². The molecule has 0 aliphatic carbocycles. The van der Waals surface area contributed by atoms with Crippen molar-refractivity contribution in [2.24, 2.45) is 0 Å². The number of nitrogens with zero attached hydrogens (tertiary/aromatic N) is 1. The molecule has 0 bridgehead atoms. The average molecular weight is 1260 g/mol. The van der Waals surface area contributed by atoms with Gasteiger partial charge in [0, 0.05) is 60.3 Å². The van der Waals surface area contributed by atoms with E-state index in [1.807, 2.05) is 0 Å². The fourth-order valence-corrected chi connectivity index (χ4v) is 15.8. The molecule has 3 nitrogen and oxygen atoms in total. The van der Waals surface area contributed by atoms with Gasteiger partial charge >= 0.3 is 0 Å². The van der Waals surface area contributed by atoms with E-state index in [-0.39, 0.29) is 0 Å². The molecule has 0 atom stereocenters. The number of benzene rings is 17. The van der Waals surface area contributed by atoms with Gasteiger partial charge in [-0.15, -0.1) is 0 Å². The van der Waals surface area contributed by atoms with Gasteiger partial charge in [-0.25, -0.2) is 0 Å². The first kappa shape index (κ1) is 56.3. The maximum Gasteiger partial charge on any atom is 0.143 e. The summed E-state index contributed by atoms with van der Waals surface area (Å²) in [6.45, 7) is 0. The highest BCUT2D eigenvalue weighted by atomic mass is 16.3. The summed E-state index contributed by atoms with van der Waals surface area (Å²) in [5.74, 6) is 0. The molecule has 460 valence electrons. The fourth-order valence-electron chi connectivity index (χ4n) is 15.8. The second kappa shape index (κ2) is 22.8. The lowest BCUT2D eigenvalue weighted by Crippen LogP contribution is -1.94. The molecule has 99 heavy (non-hydrogen) atoms. The number of aromatic nitrogens is 1. The van der Waals surface area contributed by atoms with Gasteiger partial charge in [0.1, 0.15) is 22.3 Å². The predicted octanol–water partition coefficient (Wildman–Crippen LogP) is 27.0. The maximum atomic E-state index is 7.45. The summed E-state index contributed by atoms with van der Waals surface area (Å²) >= 11 is 0. The minimum atomic E-state index is 0.843. The third kappa shape index (κ3) is 9.35. The van der Waals surface area contributed by atoms with Crippen molar-refractivity contribution in [3.05, 3.63) is 358 Å². The molecule has 0 aliphatic heterocycles. The Morgan fingerprint density at radius 2 is 0.424 bits per heavy atom. The Hall–Kier alpha value is -13.1. The number of rotatable bonds is 10. The standard InChI is InChI=1S/C96H59NO2/c1-7-24-60(25-8-1)70-52-80(64-32-15-5-16-33-64)93-87(56-70)89-58-72(62-28-11-3-12-29-62)54-82(95(89)98-93)68-43-46-91-85(50-68)86-51-69(44-47-92(86)97(91)74-37-23-36-66(48-74)67-42-45-79-77-40-20-19-38-75(77)76-39-21-22-41-78(76)84(79)49-67)83-55-73(63-30-13-4-14-31-63)59-90-88-57-71(61-26-9-2-10-27-61)53-81(94(88)99-96(83)90)65-34-17-6-18-35-65/h1-59H. The number of hydrogen-bond donors (Lipinski definition) is 0. The van der Waals surface area contributed by atoms with E-state index in [9.17, 15) is 0 Å². The van der Waals surface area contributed by atoms with Gasteiger partial charge in [0.05, 0.1) is 11.0 Å². The Bertz CT molecular complexity index is 6270. The van der Waals surface area contributed by atoms with Gasteiger partial charge < -0.3 is 13.4 Å². The minimum absolute atomic E-state index is 0.843. The first-order valence-electron chi connectivity index (χ1n) is 34.0. The van der Waals surface area contributed by atoms with E-state index in [4.69, 9.17) is 8.83 Å². The van der Waals surface area contributed by atoms with Crippen LogP contribution in [0, 0.1) is 0 Å². The molecule has 0 saturated carbocycles. The summed E-state index contributed by atoms with van der Waals surface area (Å²) in [6.07, 6.45) is 0. The van der Waals surface area contributed by atoms with Gasteiger partial charge in [0.15, 0.2) is 0 Å². The van der Waals surface area contributed by atoms with E-state index in [0.29, 0.717) is 0 Å². The van der Waals surface area contributed by atoms with Crippen LogP contribution in [-0.2, 0) is 0 Å². The summed E-state index contributed by atoms with van der Waals surface area (Å²) in [7, 11) is 0. The maximum absolute atomic E-state index is 7.45. The lowest BCUT2D eigenvalue weighted by molar-refractivity contribution is 0.671. The first-order valence-corrected chi connectivity index (χ1v) is 34.0. The van der Waals surface area contributed by atoms with Crippen molar-refractivity contribution in [1.82, 2.24) is 4.57 Å². The number of furan rings is 2. The zero-order chi connectivity index (χ0) is 65.1. The molecule has 0 fully saturated rings. The molecule has 3 heteroatoms. The molecule has 20 rings (SSSR count). The van der Waals surface area contributed by atoms with E-state index in [0.717, 1.165) is 172 Å². The van der Waals surface area contributed by atoms with Gasteiger partial charge in [-0.1, -0.05) is 267 Å². The molecule has 0 saturated heterocycles. The van der Waals surface area contributed by atoms with E-state index < -0.39 is 0 Å². The summed E-state index contributed by atoms with van der Waals surface area (Å²) in [4.78, 5) is 0. The van der Waals surface area contributed by atoms with Crippen molar-refractivity contribution in [2.75, 3.05) is 0 Å². The predicted molar refractivity (Wildman–Crippen MR) is 417 cm³/mol. The van der Waals surface area contributed by atoms with Crippen LogP contribution in [0.3, 0.4) is 0 Å². The van der Waals surface area contributed by atoms with Crippen LogP contribution in [0.1, 0.15) is 0 Å². The van der Waals surface area contributed by atoms with Crippen LogP contribution in [0.2, 0.25) is 0 Å². The molecule has 17 aromatic carbocycles. The molecule has 0 N–H and O–H groups in total. The monoisotopic (exact) mass is 1260 g/mol. The average Bonchev–Trinajstić information content (AvgIpc) is 1.61. The number of fused-ring (bicyclic) bond motifs is 15. The van der Waals surface area contributed by atoms with E-state index in [1.165, 1.54) is 32.3 Å². The molecule has 0 spiro atoms. The summed E-state index contributed by atoms with van der Waals surface area (Å²) in [5.41, 5.74) is 26.5. The van der Waals surface area contributed by atoms with Crippen LogP contribution >= 0.6 is 0 Å². The topological polar surface area (TPSA) is 31.2 Å². The van der Waals surface area contributed by atoms with Crippen LogP contribution < -0.4 is 0 Å². The Labute approximate surface area is 571 Å². The highest BCUT2D eigenvalue weighted by Gasteiger charge is 2.25. The molecule has 3 aromatic heterocycles. The molecular weight excluding hydrogens is 1200 g/mol. The van der Waals surface area contributed by atoms with Crippen LogP contribution in [0.4, 0.5) is 0 Å². The molecular formula is C96H59NO2. The highest BCUT2D eigenvalue weighted by molar-refractivity contribution is 6.26. The second-order valence-electron chi connectivity index (χ2n) is 26.2. The zero-order valence-electron chi connectivity index (χ0n) is 53.8. The molecule has 20 aromatic rings. The van der Waals surface area contributed by atoms with Gasteiger partial charge in [0.2, 0.25) is 0 Å². The van der Waals surface area contributed by atoms with Crippen molar-refractivity contribution in [1.29, 1.82) is 0 Å². The van der Waals surface area contributed by atoms with Crippen molar-refractivity contribution in [3.8, 4) is 106 Å². The van der Waals surface area contributed by atoms with E-state index in [1.54, 1.807) is 0 Å². The lowest BCUT2D eigenvalue weighted by Gasteiger charge is -2.14. The van der Waals surface area contributed by atoms with Gasteiger partial charge in [-0.2, -0.15) is 0 Å². The second-order valence-corrected chi connectivity index (χ2v) is 26.2. The van der Waals surface area contributed by atoms with Crippen LogP contribution in [0.5, 0.6) is 0 Å². The van der Waals surface area contributed by atoms with Crippen LogP contribution in [0.25, 0.3) is 204 Å². The lowest BCUT2D eigenvalue weighted by atomic mass is 9.92. The smallest absolute Gasteiger partial charge is 0.143 e. The SMILES string of the molecule is c1ccc(-c2cc(-c3ccccc3)c3oc4c(-c5ccc6c(c5)c5cc(-c7cc(-c8ccccc8)cc8c7oc7c(-c9ccccc9)cc(-c9ccccc9)cc78)ccc5n6-c5cccc(-c6ccc7c8ccccc8c8ccccc8c7c6)c5)cc(-c5ccccc5)cc4c3c2)cc1. The summed E-state index contributed by atoms with van der Waals surface area (Å²) in [6, 6.07) is 131. The summed E-state index contributed by atoms with van der Waals surface area (Å²) in [5, 5.41) is 14.0. The van der Waals surface area contributed by atoms with Gasteiger partial charge in [-0.3, -0.25) is 0 Å². The van der Waals surface area contributed by atoms with Crippen molar-refractivity contribution >= 4 is 98.0 Å². The van der Waals surface area contributed by atoms with Crippen molar-refractivity contribution < 1.29 is 8.83 Å². The Balaban J connectivity index is 0.846. The normalized spacial score (nSPS) is 11.8. The van der Waals surface area contributed by atoms with Crippen molar-refractivity contribution in [3.63, 3.8) is 0 Å². The molecule has 0 aliphatic rings.